The number of nitrogens with zero attached hydrogens (tertiary/aromatic N) is 6. The molecule has 0 radical (unpaired) electrons. The maximum Gasteiger partial charge on any atom is 0.293 e. The molecule has 3 heterocycles. The third-order valence-electron chi connectivity index (χ3n) is 10.1. The van der Waals surface area contributed by atoms with Crippen LogP contribution in [0.25, 0.3) is 27.5 Å². The zero-order chi connectivity index (χ0) is 41.7. The van der Waals surface area contributed by atoms with Crippen LogP contribution in [0.3, 0.4) is 0 Å². The summed E-state index contributed by atoms with van der Waals surface area (Å²) in [5.41, 5.74) is -3.47. The van der Waals surface area contributed by atoms with Crippen molar-refractivity contribution in [2.24, 2.45) is 13.0 Å². The van der Waals surface area contributed by atoms with Gasteiger partial charge in [0.2, 0.25) is 15.9 Å². The molecule has 0 aliphatic heterocycles. The lowest BCUT2D eigenvalue weighted by molar-refractivity contribution is -0.123. The van der Waals surface area contributed by atoms with Gasteiger partial charge in [-0.15, -0.1) is 0 Å². The van der Waals surface area contributed by atoms with Gasteiger partial charge in [0.1, 0.15) is 40.9 Å². The molecular formula is C36H28ClF7N8O5S. The predicted octanol–water partition coefficient (Wildman–Crippen LogP) is 6.17. The maximum absolute atomic E-state index is 15.4. The molecule has 3 aromatic carbocycles. The Hall–Kier alpha value is -5.70. The van der Waals surface area contributed by atoms with Gasteiger partial charge < -0.3 is 10.1 Å². The zero-order valence-electron chi connectivity index (χ0n) is 30.1. The van der Waals surface area contributed by atoms with Crippen molar-refractivity contribution in [3.63, 3.8) is 0 Å². The first-order valence-corrected chi connectivity index (χ1v) is 19.5. The normalized spacial score (nSPS) is 17.4. The van der Waals surface area contributed by atoms with Crippen LogP contribution in [-0.2, 0) is 40.8 Å². The smallest absolute Gasteiger partial charge is 0.293 e. The number of ether oxygens (including phenoxy) is 1. The van der Waals surface area contributed by atoms with Crippen LogP contribution in [-0.4, -0.2) is 56.8 Å². The fraction of sp³-hybridized carbons (Fsp3) is 0.306. The molecule has 1 amide bonds. The van der Waals surface area contributed by atoms with Gasteiger partial charge in [0, 0.05) is 31.0 Å². The molecule has 58 heavy (non-hydrogen) atoms. The van der Waals surface area contributed by atoms with Crippen LogP contribution in [0.1, 0.15) is 53.1 Å². The maximum atomic E-state index is 15.4. The van der Waals surface area contributed by atoms with Gasteiger partial charge in [0.05, 0.1) is 46.4 Å². The number of fused-ring (bicyclic) bond motifs is 5. The third-order valence-corrected chi connectivity index (χ3v) is 11.0. The van der Waals surface area contributed by atoms with Gasteiger partial charge in [-0.3, -0.25) is 28.2 Å². The summed E-state index contributed by atoms with van der Waals surface area (Å²) in [6.07, 6.45) is -2.95. The number of benzene rings is 3. The molecule has 2 aliphatic rings. The van der Waals surface area contributed by atoms with Gasteiger partial charge in [-0.2, -0.15) is 19.0 Å². The minimum absolute atomic E-state index is 0.0101. The van der Waals surface area contributed by atoms with Crippen molar-refractivity contribution in [2.75, 3.05) is 18.1 Å². The summed E-state index contributed by atoms with van der Waals surface area (Å²) in [7, 11) is -1.43. The highest BCUT2D eigenvalue weighted by molar-refractivity contribution is 7.92. The number of nitrogens with one attached hydrogen (secondary N) is 2. The molecule has 1 saturated carbocycles. The number of carbonyl (C=O) groups excluding carboxylic acids is 1. The van der Waals surface area contributed by atoms with Crippen molar-refractivity contribution < 1.29 is 48.7 Å². The van der Waals surface area contributed by atoms with Crippen LogP contribution in [0.5, 0.6) is 5.75 Å². The number of rotatable bonds is 11. The van der Waals surface area contributed by atoms with Crippen molar-refractivity contribution in [3.05, 3.63) is 104 Å². The van der Waals surface area contributed by atoms with Crippen LogP contribution in [0, 0.1) is 23.4 Å². The van der Waals surface area contributed by atoms with Crippen LogP contribution >= 0.6 is 11.6 Å². The molecule has 0 saturated heterocycles. The van der Waals surface area contributed by atoms with E-state index in [9.17, 15) is 35.6 Å². The average molecular weight is 853 g/mol. The lowest BCUT2D eigenvalue weighted by Gasteiger charge is -2.24. The van der Waals surface area contributed by atoms with Crippen molar-refractivity contribution >= 4 is 55.2 Å². The number of halogens is 8. The van der Waals surface area contributed by atoms with E-state index in [1.165, 1.54) is 23.9 Å². The number of alkyl halides is 4. The van der Waals surface area contributed by atoms with Crippen LogP contribution in [0.2, 0.25) is 5.02 Å². The number of amides is 1. The van der Waals surface area contributed by atoms with E-state index in [4.69, 9.17) is 16.3 Å². The molecule has 304 valence electrons. The predicted molar refractivity (Wildman–Crippen MR) is 194 cm³/mol. The summed E-state index contributed by atoms with van der Waals surface area (Å²) < 4.78 is 138. The molecule has 0 unspecified atom stereocenters. The van der Waals surface area contributed by atoms with Crippen molar-refractivity contribution in [1.29, 1.82) is 0 Å². The Bertz CT molecular complexity index is 2880. The Morgan fingerprint density at radius 2 is 1.79 bits per heavy atom. The van der Waals surface area contributed by atoms with E-state index in [0.29, 0.717) is 10.7 Å². The monoisotopic (exact) mass is 852 g/mol. The topological polar surface area (TPSA) is 155 Å². The highest BCUT2D eigenvalue weighted by Crippen LogP contribution is 2.68. The van der Waals surface area contributed by atoms with Gasteiger partial charge in [0.15, 0.2) is 17.4 Å². The number of hydrogen-bond acceptors (Lipinski definition) is 8. The van der Waals surface area contributed by atoms with Crippen LogP contribution in [0.4, 0.5) is 36.6 Å². The quantitative estimate of drug-likeness (QED) is 0.147. The van der Waals surface area contributed by atoms with E-state index in [1.54, 1.807) is 0 Å². The van der Waals surface area contributed by atoms with Crippen molar-refractivity contribution in [3.8, 4) is 11.4 Å². The van der Waals surface area contributed by atoms with Gasteiger partial charge in [0.25, 0.3) is 17.9 Å². The number of methoxy groups -OCH3 is 1. The van der Waals surface area contributed by atoms with E-state index in [2.05, 4.69) is 25.2 Å². The third kappa shape index (κ3) is 6.49. The minimum Gasteiger partial charge on any atom is -0.491 e. The molecule has 1 fully saturated rings. The van der Waals surface area contributed by atoms with Crippen LogP contribution < -0.4 is 20.3 Å². The molecule has 2 N–H and O–H groups in total. The van der Waals surface area contributed by atoms with E-state index in [0.717, 1.165) is 42.2 Å². The number of carbonyl (C=O) groups is 1. The lowest BCUT2D eigenvalue weighted by Crippen LogP contribution is -2.38. The first-order chi connectivity index (χ1) is 27.3. The number of hydrogen-bond donors (Lipinski definition) is 2. The standard InChI is InChI=1S/C36H28ClF7N8O5S/c1-50-29-23(7-5-20(37)26(29)33(48-50)49-58(3,55)56)52-34(46-27-17(35(52)54)4-6-21(40)30(27)57-2)22(10-14-8-15(38)11-16(39)9-14)45-24(53)13-51-31-25(28(47-51)32(41)42)18-12-19(18)36(31,43)44/h4-9,11,18-19,22,32H,10,12-13H2,1-3H3,(H,45,53)(H,48,49)/t18-,19+,22-/m0/s1. The summed E-state index contributed by atoms with van der Waals surface area (Å²) in [4.78, 5) is 33.3. The first kappa shape index (κ1) is 39.1. The molecule has 13 nitrogen and oxygen atoms in total. The summed E-state index contributed by atoms with van der Waals surface area (Å²) in [5, 5.41) is 10.2. The molecule has 3 aromatic heterocycles. The Balaban J connectivity index is 1.35. The molecule has 2 aliphatic carbocycles. The summed E-state index contributed by atoms with van der Waals surface area (Å²) in [5.74, 6) is -11.0. The second-order valence-electron chi connectivity index (χ2n) is 14.0. The summed E-state index contributed by atoms with van der Waals surface area (Å²) in [6, 6.07) is 5.45. The highest BCUT2D eigenvalue weighted by Gasteiger charge is 2.67. The van der Waals surface area contributed by atoms with Crippen molar-refractivity contribution in [2.45, 2.75) is 43.7 Å². The fourth-order valence-corrected chi connectivity index (χ4v) is 8.53. The Labute approximate surface area is 327 Å². The molecule has 3 atom stereocenters. The van der Waals surface area contributed by atoms with Gasteiger partial charge in [-0.1, -0.05) is 11.6 Å². The first-order valence-electron chi connectivity index (χ1n) is 17.2. The van der Waals surface area contributed by atoms with Crippen LogP contribution in [0.15, 0.2) is 47.3 Å². The van der Waals surface area contributed by atoms with Gasteiger partial charge in [-0.05, 0) is 54.3 Å². The second kappa shape index (κ2) is 13.7. The fourth-order valence-electron chi connectivity index (χ4n) is 7.79. The van der Waals surface area contributed by atoms with E-state index in [1.807, 2.05) is 0 Å². The number of aromatic nitrogens is 6. The number of anilines is 1. The Kier molecular flexibility index (Phi) is 9.25. The van der Waals surface area contributed by atoms with E-state index >= 15 is 13.2 Å². The molecular weight excluding hydrogens is 825 g/mol. The second-order valence-corrected chi connectivity index (χ2v) is 16.2. The average Bonchev–Trinajstić information content (AvgIpc) is 3.66. The summed E-state index contributed by atoms with van der Waals surface area (Å²) in [6.45, 7) is -1.04. The summed E-state index contributed by atoms with van der Waals surface area (Å²) >= 11 is 6.55. The van der Waals surface area contributed by atoms with Gasteiger partial charge >= 0.3 is 0 Å². The SMILES string of the molecule is COc1c(F)ccc2c(=O)n(-c3ccc(Cl)c4c(NS(C)(=O)=O)nn(C)c34)c([C@H](Cc3cc(F)cc(F)c3)NC(=O)Cn3nc(C(F)F)c4c3C(F)(F)[C@@H]3C[C@H]43)nc12. The molecule has 0 bridgehead atoms. The largest absolute Gasteiger partial charge is 0.491 e. The van der Waals surface area contributed by atoms with Gasteiger partial charge in [-0.25, -0.2) is 35.4 Å². The van der Waals surface area contributed by atoms with E-state index < -0.39 is 105 Å². The lowest BCUT2D eigenvalue weighted by atomic mass is 10.0. The zero-order valence-corrected chi connectivity index (χ0v) is 31.7. The minimum atomic E-state index is -3.94. The number of sulfonamides is 1. The Morgan fingerprint density at radius 1 is 1.09 bits per heavy atom. The Morgan fingerprint density at radius 3 is 2.45 bits per heavy atom. The van der Waals surface area contributed by atoms with E-state index in [-0.39, 0.29) is 55.9 Å². The van der Waals surface area contributed by atoms with Crippen molar-refractivity contribution in [1.82, 2.24) is 34.4 Å². The molecule has 6 aromatic rings. The highest BCUT2D eigenvalue weighted by atomic mass is 35.5. The number of aryl methyl sites for hydroxylation is 1. The molecule has 8 rings (SSSR count). The molecule has 0 spiro atoms. The molecule has 22 heteroatoms.